The van der Waals surface area contributed by atoms with Crippen molar-refractivity contribution in [2.24, 2.45) is 0 Å². The van der Waals surface area contributed by atoms with Crippen LogP contribution in [0.4, 0.5) is 0 Å². The Labute approximate surface area is 179 Å². The van der Waals surface area contributed by atoms with Crippen molar-refractivity contribution in [3.8, 4) is 6.07 Å². The van der Waals surface area contributed by atoms with E-state index in [4.69, 9.17) is 16.9 Å². The molecule has 0 fully saturated rings. The maximum absolute atomic E-state index is 12.9. The molecule has 0 bridgehead atoms. The third kappa shape index (κ3) is 4.35. The number of nitriles is 1. The van der Waals surface area contributed by atoms with Crippen LogP contribution in [0, 0.1) is 11.3 Å². The van der Waals surface area contributed by atoms with Crippen molar-refractivity contribution in [3.63, 3.8) is 0 Å². The van der Waals surface area contributed by atoms with Crippen molar-refractivity contribution in [1.29, 1.82) is 5.26 Å². The molecule has 0 spiro atoms. The molecule has 0 saturated heterocycles. The summed E-state index contributed by atoms with van der Waals surface area (Å²) in [5, 5.41) is 13.4. The van der Waals surface area contributed by atoms with Crippen molar-refractivity contribution in [2.75, 3.05) is 6.54 Å². The molecule has 0 aliphatic heterocycles. The van der Waals surface area contributed by atoms with Gasteiger partial charge in [-0.15, -0.1) is 0 Å². The van der Waals surface area contributed by atoms with Crippen molar-refractivity contribution >= 4 is 28.4 Å². The minimum absolute atomic E-state index is 0.109. The predicted octanol–water partition coefficient (Wildman–Crippen LogP) is 4.58. The number of pyridine rings is 1. The van der Waals surface area contributed by atoms with Gasteiger partial charge in [0.25, 0.3) is 5.91 Å². The Kier molecular flexibility index (Phi) is 5.78. The number of benzene rings is 2. The second-order valence-electron chi connectivity index (χ2n) is 6.98. The van der Waals surface area contributed by atoms with Gasteiger partial charge in [-0.2, -0.15) is 5.26 Å². The number of amides is 1. The summed E-state index contributed by atoms with van der Waals surface area (Å²) in [5.41, 5.74) is 4.13. The average Bonchev–Trinajstić information content (AvgIpc) is 3.14. The van der Waals surface area contributed by atoms with E-state index in [0.717, 1.165) is 22.0 Å². The van der Waals surface area contributed by atoms with E-state index in [-0.39, 0.29) is 5.91 Å². The molecule has 30 heavy (non-hydrogen) atoms. The van der Waals surface area contributed by atoms with Gasteiger partial charge in [-0.3, -0.25) is 4.79 Å². The van der Waals surface area contributed by atoms with E-state index in [2.05, 4.69) is 14.9 Å². The maximum atomic E-state index is 12.9. The summed E-state index contributed by atoms with van der Waals surface area (Å²) in [6.45, 7) is 1.14. The van der Waals surface area contributed by atoms with E-state index in [0.29, 0.717) is 35.8 Å². The van der Waals surface area contributed by atoms with Crippen LogP contribution in [0.3, 0.4) is 0 Å². The molecule has 4 aromatic rings. The Balaban J connectivity index is 1.49. The first-order chi connectivity index (χ1) is 14.6. The van der Waals surface area contributed by atoms with Gasteiger partial charge in [-0.25, -0.2) is 4.98 Å². The van der Waals surface area contributed by atoms with Crippen molar-refractivity contribution < 1.29 is 4.79 Å². The van der Waals surface area contributed by atoms with Gasteiger partial charge in [0.05, 0.1) is 5.56 Å². The fraction of sp³-hybridized carbons (Fsp3) is 0.125. The zero-order valence-corrected chi connectivity index (χ0v) is 16.9. The number of hydrogen-bond acceptors (Lipinski definition) is 3. The molecule has 1 N–H and O–H groups in total. The number of para-hydroxylation sites is 1. The van der Waals surface area contributed by atoms with Crippen LogP contribution in [0.1, 0.15) is 27.2 Å². The molecule has 0 aliphatic carbocycles. The van der Waals surface area contributed by atoms with Crippen LogP contribution in [0.5, 0.6) is 0 Å². The summed E-state index contributed by atoms with van der Waals surface area (Å²) < 4.78 is 2.08. The molecule has 2 heterocycles. The number of aromatic nitrogens is 2. The number of carbonyl (C=O) groups excluding carboxylic acids is 1. The van der Waals surface area contributed by atoms with Crippen LogP contribution in [-0.2, 0) is 13.0 Å². The standard InChI is InChI=1S/C24H19ClN4O/c25-19-8-5-18(6-9-19)15-29-16-22(21-3-1-2-4-23(21)29)24(30)27-12-11-17-7-10-20(13-26)28-14-17/h1-10,14,16H,11-12,15H2,(H,27,30). The molecule has 1 amide bonds. The van der Waals surface area contributed by atoms with E-state index in [9.17, 15) is 4.79 Å². The highest BCUT2D eigenvalue weighted by molar-refractivity contribution is 6.30. The molecule has 2 aromatic carbocycles. The van der Waals surface area contributed by atoms with Gasteiger partial charge in [0.1, 0.15) is 11.8 Å². The Hall–Kier alpha value is -3.62. The van der Waals surface area contributed by atoms with Crippen LogP contribution >= 0.6 is 11.6 Å². The van der Waals surface area contributed by atoms with Crippen molar-refractivity contribution in [3.05, 3.63) is 100 Å². The topological polar surface area (TPSA) is 70.7 Å². The Bertz CT molecular complexity index is 1220. The van der Waals surface area contributed by atoms with Gasteiger partial charge < -0.3 is 9.88 Å². The number of nitrogens with one attached hydrogen (secondary N) is 1. The first kappa shape index (κ1) is 19.7. The van der Waals surface area contributed by atoms with Gasteiger partial charge in [-0.1, -0.05) is 48.0 Å². The third-order valence-corrected chi connectivity index (χ3v) is 5.19. The van der Waals surface area contributed by atoms with Crippen LogP contribution in [0.25, 0.3) is 10.9 Å². The second kappa shape index (κ2) is 8.81. The molecule has 0 saturated carbocycles. The van der Waals surface area contributed by atoms with Gasteiger partial charge >= 0.3 is 0 Å². The van der Waals surface area contributed by atoms with Gasteiger partial charge in [-0.05, 0) is 41.8 Å². The highest BCUT2D eigenvalue weighted by Crippen LogP contribution is 2.23. The van der Waals surface area contributed by atoms with E-state index in [1.54, 1.807) is 12.3 Å². The second-order valence-corrected chi connectivity index (χ2v) is 7.42. The summed E-state index contributed by atoms with van der Waals surface area (Å²) in [4.78, 5) is 16.9. The minimum atomic E-state index is -0.109. The van der Waals surface area contributed by atoms with E-state index >= 15 is 0 Å². The van der Waals surface area contributed by atoms with Crippen LogP contribution in [0.2, 0.25) is 5.02 Å². The van der Waals surface area contributed by atoms with Gasteiger partial charge in [0.15, 0.2) is 0 Å². The maximum Gasteiger partial charge on any atom is 0.253 e. The minimum Gasteiger partial charge on any atom is -0.352 e. The highest BCUT2D eigenvalue weighted by Gasteiger charge is 2.15. The zero-order valence-electron chi connectivity index (χ0n) is 16.2. The normalized spacial score (nSPS) is 10.7. The SMILES string of the molecule is N#Cc1ccc(CCNC(=O)c2cn(Cc3ccc(Cl)cc3)c3ccccc23)cn1. The molecule has 148 valence electrons. The van der Waals surface area contributed by atoms with Crippen LogP contribution in [0.15, 0.2) is 73.1 Å². The van der Waals surface area contributed by atoms with Gasteiger partial charge in [0, 0.05) is 41.4 Å². The molecule has 0 aliphatic rings. The fourth-order valence-corrected chi connectivity index (χ4v) is 3.53. The predicted molar refractivity (Wildman–Crippen MR) is 117 cm³/mol. The molecular weight excluding hydrogens is 396 g/mol. The molecule has 5 nitrogen and oxygen atoms in total. The monoisotopic (exact) mass is 414 g/mol. The van der Waals surface area contributed by atoms with Gasteiger partial charge in [0.2, 0.25) is 0 Å². The lowest BCUT2D eigenvalue weighted by molar-refractivity contribution is 0.0955. The summed E-state index contributed by atoms with van der Waals surface area (Å²) in [6.07, 6.45) is 4.22. The van der Waals surface area contributed by atoms with Crippen LogP contribution in [-0.4, -0.2) is 22.0 Å². The lowest BCUT2D eigenvalue weighted by Crippen LogP contribution is -2.25. The number of hydrogen-bond donors (Lipinski definition) is 1. The van der Waals surface area contributed by atoms with Crippen molar-refractivity contribution in [1.82, 2.24) is 14.9 Å². The number of rotatable bonds is 6. The first-order valence-corrected chi connectivity index (χ1v) is 9.97. The van der Waals surface area contributed by atoms with E-state index in [1.165, 1.54) is 0 Å². The molecule has 6 heteroatoms. The lowest BCUT2D eigenvalue weighted by atomic mass is 10.1. The Morgan fingerprint density at radius 2 is 1.83 bits per heavy atom. The number of nitrogens with zero attached hydrogens (tertiary/aromatic N) is 3. The van der Waals surface area contributed by atoms with E-state index in [1.807, 2.05) is 66.9 Å². The fourth-order valence-electron chi connectivity index (χ4n) is 3.40. The number of fused-ring (bicyclic) bond motifs is 1. The molecule has 0 radical (unpaired) electrons. The molecule has 0 atom stereocenters. The number of carbonyl (C=O) groups is 1. The molecular formula is C24H19ClN4O. The zero-order chi connectivity index (χ0) is 20.9. The highest BCUT2D eigenvalue weighted by atomic mass is 35.5. The Morgan fingerprint density at radius 3 is 2.57 bits per heavy atom. The average molecular weight is 415 g/mol. The summed E-state index contributed by atoms with van der Waals surface area (Å²) in [6, 6.07) is 21.1. The number of halogens is 1. The molecule has 2 aromatic heterocycles. The van der Waals surface area contributed by atoms with Crippen molar-refractivity contribution in [2.45, 2.75) is 13.0 Å². The quantitative estimate of drug-likeness (QED) is 0.502. The largest absolute Gasteiger partial charge is 0.352 e. The smallest absolute Gasteiger partial charge is 0.253 e. The lowest BCUT2D eigenvalue weighted by Gasteiger charge is -2.05. The summed E-state index contributed by atoms with van der Waals surface area (Å²) in [5.74, 6) is -0.109. The Morgan fingerprint density at radius 1 is 1.07 bits per heavy atom. The molecule has 4 rings (SSSR count). The molecule has 0 unspecified atom stereocenters. The van der Waals surface area contributed by atoms with Crippen LogP contribution < -0.4 is 5.32 Å². The van der Waals surface area contributed by atoms with E-state index < -0.39 is 0 Å². The first-order valence-electron chi connectivity index (χ1n) is 9.59. The summed E-state index contributed by atoms with van der Waals surface area (Å²) >= 11 is 5.99. The summed E-state index contributed by atoms with van der Waals surface area (Å²) in [7, 11) is 0. The third-order valence-electron chi connectivity index (χ3n) is 4.94.